The lowest BCUT2D eigenvalue weighted by molar-refractivity contribution is -0.384. The number of nitro benzene ring substituents is 1. The lowest BCUT2D eigenvalue weighted by Crippen LogP contribution is -2.22. The first-order chi connectivity index (χ1) is 8.74. The fourth-order valence-corrected chi connectivity index (χ4v) is 2.41. The van der Waals surface area contributed by atoms with Gasteiger partial charge in [-0.05, 0) is 32.0 Å². The second-order valence-corrected chi connectivity index (χ2v) is 4.61. The van der Waals surface area contributed by atoms with Crippen LogP contribution in [0.15, 0.2) is 24.5 Å². The molecule has 0 bridgehead atoms. The maximum atomic E-state index is 10.8. The van der Waals surface area contributed by atoms with Crippen LogP contribution in [0.5, 0.6) is 0 Å². The third-order valence-electron chi connectivity index (χ3n) is 3.37. The summed E-state index contributed by atoms with van der Waals surface area (Å²) < 4.78 is 1.98. The monoisotopic (exact) mass is 246 g/mol. The molecule has 0 radical (unpaired) electrons. The van der Waals surface area contributed by atoms with Crippen LogP contribution >= 0.6 is 0 Å². The third kappa shape index (κ3) is 1.95. The summed E-state index contributed by atoms with van der Waals surface area (Å²) in [5, 5.41) is 10.8. The van der Waals surface area contributed by atoms with Gasteiger partial charge in [0.1, 0.15) is 0 Å². The summed E-state index contributed by atoms with van der Waals surface area (Å²) >= 11 is 0. The maximum Gasteiger partial charge on any atom is 0.271 e. The molecule has 2 heterocycles. The summed E-state index contributed by atoms with van der Waals surface area (Å²) in [6, 6.07) is 4.79. The zero-order valence-corrected chi connectivity index (χ0v) is 9.95. The molecule has 3 rings (SSSR count). The van der Waals surface area contributed by atoms with Gasteiger partial charge in [-0.25, -0.2) is 4.98 Å². The average molecular weight is 246 g/mol. The number of hydrogen-bond donors (Lipinski definition) is 0. The smallest absolute Gasteiger partial charge is 0.271 e. The fraction of sp³-hybridized carbons (Fsp3) is 0.417. The van der Waals surface area contributed by atoms with Crippen LogP contribution in [0, 0.1) is 10.1 Å². The largest absolute Gasteiger partial charge is 0.317 e. The van der Waals surface area contributed by atoms with Crippen molar-refractivity contribution in [2.24, 2.45) is 0 Å². The molecule has 1 saturated heterocycles. The average Bonchev–Trinajstić information content (AvgIpc) is 2.99. The van der Waals surface area contributed by atoms with Gasteiger partial charge < -0.3 is 4.57 Å². The van der Waals surface area contributed by atoms with Crippen molar-refractivity contribution >= 4 is 16.7 Å². The summed E-state index contributed by atoms with van der Waals surface area (Å²) in [6.45, 7) is 2.95. The predicted octanol–water partition coefficient (Wildman–Crippen LogP) is 2.00. The van der Waals surface area contributed by atoms with E-state index in [1.54, 1.807) is 18.5 Å². The Labute approximate surface area is 104 Å². The highest BCUT2D eigenvalue weighted by molar-refractivity contribution is 5.77. The number of imidazole rings is 1. The molecule has 1 aromatic heterocycles. The summed E-state index contributed by atoms with van der Waals surface area (Å²) in [5.41, 5.74) is 1.75. The van der Waals surface area contributed by atoms with E-state index in [2.05, 4.69) is 9.88 Å². The minimum Gasteiger partial charge on any atom is -0.317 e. The van der Waals surface area contributed by atoms with Crippen LogP contribution in [0.1, 0.15) is 12.8 Å². The second kappa shape index (κ2) is 4.38. The molecule has 1 aromatic carbocycles. The lowest BCUT2D eigenvalue weighted by atomic mass is 10.3. The molecule has 0 spiro atoms. The Hall–Kier alpha value is -1.95. The summed E-state index contributed by atoms with van der Waals surface area (Å²) in [6.07, 6.45) is 4.21. The molecule has 6 heteroatoms. The fourth-order valence-electron chi connectivity index (χ4n) is 2.41. The Morgan fingerprint density at radius 2 is 2.11 bits per heavy atom. The minimum atomic E-state index is -0.368. The van der Waals surface area contributed by atoms with Crippen LogP contribution in [-0.2, 0) is 6.67 Å². The van der Waals surface area contributed by atoms with E-state index in [0.29, 0.717) is 0 Å². The molecule has 0 atom stereocenters. The van der Waals surface area contributed by atoms with E-state index < -0.39 is 0 Å². The van der Waals surface area contributed by atoms with E-state index in [4.69, 9.17) is 0 Å². The van der Waals surface area contributed by atoms with Gasteiger partial charge in [-0.3, -0.25) is 15.0 Å². The van der Waals surface area contributed by atoms with Gasteiger partial charge in [-0.15, -0.1) is 0 Å². The molecule has 0 N–H and O–H groups in total. The Kier molecular flexibility index (Phi) is 2.71. The number of nitro groups is 1. The van der Waals surface area contributed by atoms with Gasteiger partial charge in [-0.1, -0.05) is 0 Å². The molecule has 0 aliphatic carbocycles. The van der Waals surface area contributed by atoms with Crippen molar-refractivity contribution in [3.63, 3.8) is 0 Å². The van der Waals surface area contributed by atoms with Gasteiger partial charge in [0.15, 0.2) is 0 Å². The summed E-state index contributed by atoms with van der Waals surface area (Å²) in [5.74, 6) is 0. The number of hydrogen-bond acceptors (Lipinski definition) is 4. The quantitative estimate of drug-likeness (QED) is 0.613. The summed E-state index contributed by atoms with van der Waals surface area (Å²) in [7, 11) is 0. The molecule has 1 fully saturated rings. The molecule has 94 valence electrons. The van der Waals surface area contributed by atoms with Crippen LogP contribution in [0.2, 0.25) is 0 Å². The number of fused-ring (bicyclic) bond motifs is 1. The molecule has 0 amide bonds. The van der Waals surface area contributed by atoms with Crippen LogP contribution in [0.25, 0.3) is 11.0 Å². The Morgan fingerprint density at radius 3 is 2.83 bits per heavy atom. The van der Waals surface area contributed by atoms with Crippen molar-refractivity contribution in [2.45, 2.75) is 19.5 Å². The zero-order chi connectivity index (χ0) is 12.5. The highest BCUT2D eigenvalue weighted by Crippen LogP contribution is 2.21. The van der Waals surface area contributed by atoms with Gasteiger partial charge >= 0.3 is 0 Å². The van der Waals surface area contributed by atoms with Gasteiger partial charge in [0.25, 0.3) is 5.69 Å². The van der Waals surface area contributed by atoms with Crippen LogP contribution in [-0.4, -0.2) is 32.5 Å². The van der Waals surface area contributed by atoms with Crippen molar-refractivity contribution in [3.05, 3.63) is 34.6 Å². The number of rotatable bonds is 3. The Morgan fingerprint density at radius 1 is 1.33 bits per heavy atom. The molecule has 0 saturated carbocycles. The SMILES string of the molecule is O=[N+]([O-])c1ccc2ncn(CN3CCCC3)c2c1. The van der Waals surface area contributed by atoms with E-state index in [-0.39, 0.29) is 10.6 Å². The van der Waals surface area contributed by atoms with E-state index in [1.807, 2.05) is 4.57 Å². The van der Waals surface area contributed by atoms with Crippen LogP contribution in [0.3, 0.4) is 0 Å². The first-order valence-electron chi connectivity index (χ1n) is 6.06. The predicted molar refractivity (Wildman–Crippen MR) is 67.2 cm³/mol. The maximum absolute atomic E-state index is 10.8. The van der Waals surface area contributed by atoms with E-state index >= 15 is 0 Å². The molecular formula is C12H14N4O2. The van der Waals surface area contributed by atoms with E-state index in [9.17, 15) is 10.1 Å². The number of benzene rings is 1. The Balaban J connectivity index is 1.95. The Bertz CT molecular complexity index is 587. The normalized spacial score (nSPS) is 16.4. The van der Waals surface area contributed by atoms with Crippen LogP contribution < -0.4 is 0 Å². The van der Waals surface area contributed by atoms with Gasteiger partial charge in [-0.2, -0.15) is 0 Å². The molecule has 1 aliphatic heterocycles. The lowest BCUT2D eigenvalue weighted by Gasteiger charge is -2.15. The van der Waals surface area contributed by atoms with Crippen molar-refractivity contribution < 1.29 is 4.92 Å². The highest BCUT2D eigenvalue weighted by Gasteiger charge is 2.14. The molecule has 18 heavy (non-hydrogen) atoms. The van der Waals surface area contributed by atoms with Crippen molar-refractivity contribution in [3.8, 4) is 0 Å². The van der Waals surface area contributed by atoms with Crippen molar-refractivity contribution in [1.29, 1.82) is 0 Å². The van der Waals surface area contributed by atoms with Gasteiger partial charge in [0.2, 0.25) is 0 Å². The van der Waals surface area contributed by atoms with Crippen LogP contribution in [0.4, 0.5) is 5.69 Å². The highest BCUT2D eigenvalue weighted by atomic mass is 16.6. The molecule has 2 aromatic rings. The van der Waals surface area contributed by atoms with E-state index in [1.165, 1.54) is 18.9 Å². The molecule has 0 unspecified atom stereocenters. The third-order valence-corrected chi connectivity index (χ3v) is 3.37. The van der Waals surface area contributed by atoms with Gasteiger partial charge in [0.05, 0.1) is 29.0 Å². The number of likely N-dealkylation sites (tertiary alicyclic amines) is 1. The van der Waals surface area contributed by atoms with Gasteiger partial charge in [0, 0.05) is 12.1 Å². The molecule has 6 nitrogen and oxygen atoms in total. The number of nitrogens with zero attached hydrogens (tertiary/aromatic N) is 4. The summed E-state index contributed by atoms with van der Waals surface area (Å²) in [4.78, 5) is 17.0. The first kappa shape index (κ1) is 11.2. The standard InChI is InChI=1S/C12H14N4O2/c17-16(18)10-3-4-11-12(7-10)15(8-13-11)9-14-5-1-2-6-14/h3-4,7-8H,1-2,5-6,9H2. The number of aromatic nitrogens is 2. The van der Waals surface area contributed by atoms with E-state index in [0.717, 1.165) is 30.8 Å². The topological polar surface area (TPSA) is 64.2 Å². The van der Waals surface area contributed by atoms with Crippen molar-refractivity contribution in [2.75, 3.05) is 13.1 Å². The zero-order valence-electron chi connectivity index (χ0n) is 9.95. The first-order valence-corrected chi connectivity index (χ1v) is 6.06. The van der Waals surface area contributed by atoms with Crippen molar-refractivity contribution in [1.82, 2.24) is 14.5 Å². The molecular weight excluding hydrogens is 232 g/mol. The second-order valence-electron chi connectivity index (χ2n) is 4.61. The number of non-ortho nitro benzene ring substituents is 1. The molecule has 1 aliphatic rings. The minimum absolute atomic E-state index is 0.116.